The fourth-order valence-corrected chi connectivity index (χ4v) is 3.39. The van der Waals surface area contributed by atoms with Gasteiger partial charge in [-0.2, -0.15) is 0 Å². The van der Waals surface area contributed by atoms with Gasteiger partial charge in [-0.15, -0.1) is 0 Å². The van der Waals surface area contributed by atoms with Gasteiger partial charge in [0.05, 0.1) is 0 Å². The normalized spacial score (nSPS) is 14.8. The van der Waals surface area contributed by atoms with Crippen LogP contribution in [0.4, 0.5) is 0 Å². The number of carbonyl (C=O) groups is 2. The zero-order valence-electron chi connectivity index (χ0n) is 16.3. The zero-order valence-corrected chi connectivity index (χ0v) is 17.0. The average Bonchev–Trinajstić information content (AvgIpc) is 2.69. The van der Waals surface area contributed by atoms with Gasteiger partial charge in [-0.3, -0.25) is 14.5 Å². The Balaban J connectivity index is 1.46. The summed E-state index contributed by atoms with van der Waals surface area (Å²) in [4.78, 5) is 28.1. The number of hydrogen-bond acceptors (Lipinski definition) is 4. The molecule has 0 aliphatic carbocycles. The van der Waals surface area contributed by atoms with Crippen LogP contribution in [-0.2, 0) is 11.3 Å². The summed E-state index contributed by atoms with van der Waals surface area (Å²) >= 11 is 5.93. The molecule has 0 atom stereocenters. The summed E-state index contributed by atoms with van der Waals surface area (Å²) in [6.07, 6.45) is 0. The topological polar surface area (TPSA) is 49.9 Å². The van der Waals surface area contributed by atoms with E-state index in [9.17, 15) is 9.59 Å². The molecule has 1 aliphatic rings. The molecular weight excluding hydrogens is 376 g/mol. The largest absolute Gasteiger partial charge is 0.483 e. The van der Waals surface area contributed by atoms with Crippen LogP contribution in [0.5, 0.6) is 5.75 Å². The van der Waals surface area contributed by atoms with Crippen LogP contribution in [0.15, 0.2) is 42.5 Å². The van der Waals surface area contributed by atoms with Crippen LogP contribution in [0.25, 0.3) is 0 Å². The molecule has 0 N–H and O–H groups in total. The fraction of sp³-hybridized carbons (Fsp3) is 0.364. The van der Waals surface area contributed by atoms with Crippen LogP contribution in [0.2, 0.25) is 5.02 Å². The maximum Gasteiger partial charge on any atom is 0.260 e. The number of carbonyl (C=O) groups excluding carboxylic acids is 2. The Bertz CT molecular complexity index is 843. The van der Waals surface area contributed by atoms with Crippen molar-refractivity contribution in [3.63, 3.8) is 0 Å². The van der Waals surface area contributed by atoms with Gasteiger partial charge in [0.25, 0.3) is 5.91 Å². The first kappa shape index (κ1) is 20.4. The minimum absolute atomic E-state index is 0.0114. The number of nitrogens with zero attached hydrogens (tertiary/aromatic N) is 2. The van der Waals surface area contributed by atoms with Gasteiger partial charge in [-0.1, -0.05) is 23.7 Å². The predicted octanol–water partition coefficient (Wildman–Crippen LogP) is 3.57. The first-order chi connectivity index (χ1) is 13.4. The molecule has 1 heterocycles. The summed E-state index contributed by atoms with van der Waals surface area (Å²) in [6, 6.07) is 13.1. The van der Waals surface area contributed by atoms with Crippen molar-refractivity contribution in [2.24, 2.45) is 0 Å². The van der Waals surface area contributed by atoms with E-state index >= 15 is 0 Å². The SMILES string of the molecule is CC(=O)c1ccc(OCC(=O)N2CCN(Cc3ccc(Cl)cc3)CC2)c(C)c1. The molecule has 0 spiro atoms. The summed E-state index contributed by atoms with van der Waals surface area (Å²) in [5.74, 6) is 0.642. The average molecular weight is 401 g/mol. The number of benzene rings is 2. The Morgan fingerprint density at radius 3 is 2.32 bits per heavy atom. The van der Waals surface area contributed by atoms with E-state index in [1.807, 2.05) is 36.1 Å². The van der Waals surface area contributed by atoms with Crippen LogP contribution in [0.1, 0.15) is 28.4 Å². The molecule has 5 nitrogen and oxygen atoms in total. The second kappa shape index (κ2) is 9.22. The van der Waals surface area contributed by atoms with Crippen LogP contribution >= 0.6 is 11.6 Å². The summed E-state index contributed by atoms with van der Waals surface area (Å²) in [5, 5.41) is 0.741. The Kier molecular flexibility index (Phi) is 6.70. The first-order valence-corrected chi connectivity index (χ1v) is 9.79. The van der Waals surface area contributed by atoms with Gasteiger partial charge >= 0.3 is 0 Å². The number of Topliss-reactive ketones (excluding diaryl/α,β-unsaturated/α-hetero) is 1. The molecule has 0 unspecified atom stereocenters. The highest BCUT2D eigenvalue weighted by molar-refractivity contribution is 6.30. The summed E-state index contributed by atoms with van der Waals surface area (Å²) in [6.45, 7) is 7.33. The molecule has 148 valence electrons. The Hall–Kier alpha value is -2.37. The van der Waals surface area contributed by atoms with E-state index in [-0.39, 0.29) is 18.3 Å². The van der Waals surface area contributed by atoms with E-state index in [0.29, 0.717) is 24.4 Å². The molecule has 1 fully saturated rings. The number of amides is 1. The van der Waals surface area contributed by atoms with Gasteiger partial charge in [0.2, 0.25) is 0 Å². The summed E-state index contributed by atoms with van der Waals surface area (Å²) in [7, 11) is 0. The molecule has 2 aromatic rings. The van der Waals surface area contributed by atoms with Crippen molar-refractivity contribution < 1.29 is 14.3 Å². The van der Waals surface area contributed by atoms with E-state index in [4.69, 9.17) is 16.3 Å². The highest BCUT2D eigenvalue weighted by Gasteiger charge is 2.21. The lowest BCUT2D eigenvalue weighted by Gasteiger charge is -2.34. The van der Waals surface area contributed by atoms with Crippen molar-refractivity contribution in [2.75, 3.05) is 32.8 Å². The van der Waals surface area contributed by atoms with Crippen molar-refractivity contribution in [1.82, 2.24) is 9.80 Å². The molecule has 0 bridgehead atoms. The van der Waals surface area contributed by atoms with Gasteiger partial charge in [0.1, 0.15) is 5.75 Å². The number of hydrogen-bond donors (Lipinski definition) is 0. The quantitative estimate of drug-likeness (QED) is 0.695. The summed E-state index contributed by atoms with van der Waals surface area (Å²) < 4.78 is 5.69. The standard InChI is InChI=1S/C22H25ClN2O3/c1-16-13-19(17(2)26)5-8-21(16)28-15-22(27)25-11-9-24(10-12-25)14-18-3-6-20(23)7-4-18/h3-8,13H,9-12,14-15H2,1-2H3. The molecule has 1 saturated heterocycles. The molecule has 2 aromatic carbocycles. The smallest absolute Gasteiger partial charge is 0.260 e. The monoisotopic (exact) mass is 400 g/mol. The van der Waals surface area contributed by atoms with Gasteiger partial charge in [-0.25, -0.2) is 0 Å². The fourth-order valence-electron chi connectivity index (χ4n) is 3.26. The lowest BCUT2D eigenvalue weighted by Crippen LogP contribution is -2.49. The van der Waals surface area contributed by atoms with Crippen LogP contribution < -0.4 is 4.74 Å². The number of halogens is 1. The van der Waals surface area contributed by atoms with Gasteiger partial charge < -0.3 is 9.64 Å². The highest BCUT2D eigenvalue weighted by atomic mass is 35.5. The van der Waals surface area contributed by atoms with Gasteiger partial charge in [-0.05, 0) is 55.3 Å². The van der Waals surface area contributed by atoms with E-state index in [1.165, 1.54) is 12.5 Å². The Morgan fingerprint density at radius 1 is 1.04 bits per heavy atom. The lowest BCUT2D eigenvalue weighted by molar-refractivity contribution is -0.135. The van der Waals surface area contributed by atoms with Crippen molar-refractivity contribution in [3.05, 3.63) is 64.2 Å². The minimum Gasteiger partial charge on any atom is -0.483 e. The van der Waals surface area contributed by atoms with Crippen molar-refractivity contribution in [2.45, 2.75) is 20.4 Å². The minimum atomic E-state index is -0.0128. The van der Waals surface area contributed by atoms with Gasteiger partial charge in [0, 0.05) is 43.3 Å². The number of ether oxygens (including phenoxy) is 1. The third-order valence-corrected chi connectivity index (χ3v) is 5.23. The van der Waals surface area contributed by atoms with Crippen molar-refractivity contribution in [1.29, 1.82) is 0 Å². The number of piperazine rings is 1. The third-order valence-electron chi connectivity index (χ3n) is 4.98. The first-order valence-electron chi connectivity index (χ1n) is 9.41. The molecule has 1 amide bonds. The van der Waals surface area contributed by atoms with Crippen molar-refractivity contribution in [3.8, 4) is 5.75 Å². The molecule has 0 radical (unpaired) electrons. The van der Waals surface area contributed by atoms with Gasteiger partial charge in [0.15, 0.2) is 12.4 Å². The van der Waals surface area contributed by atoms with Crippen LogP contribution in [0, 0.1) is 6.92 Å². The Morgan fingerprint density at radius 2 is 1.71 bits per heavy atom. The maximum absolute atomic E-state index is 12.5. The molecule has 6 heteroatoms. The molecule has 1 aliphatic heterocycles. The predicted molar refractivity (Wildman–Crippen MR) is 110 cm³/mol. The second-order valence-electron chi connectivity index (χ2n) is 7.11. The van der Waals surface area contributed by atoms with Crippen LogP contribution in [0.3, 0.4) is 0 Å². The zero-order chi connectivity index (χ0) is 20.1. The van der Waals surface area contributed by atoms with Crippen LogP contribution in [-0.4, -0.2) is 54.3 Å². The van der Waals surface area contributed by atoms with Crippen molar-refractivity contribution >= 4 is 23.3 Å². The Labute approximate surface area is 170 Å². The number of rotatable bonds is 6. The van der Waals surface area contributed by atoms with E-state index in [0.717, 1.165) is 30.2 Å². The van der Waals surface area contributed by atoms with E-state index in [2.05, 4.69) is 4.90 Å². The third kappa shape index (κ3) is 5.33. The highest BCUT2D eigenvalue weighted by Crippen LogP contribution is 2.20. The summed E-state index contributed by atoms with van der Waals surface area (Å²) in [5.41, 5.74) is 2.72. The lowest BCUT2D eigenvalue weighted by atomic mass is 10.1. The second-order valence-corrected chi connectivity index (χ2v) is 7.54. The molecule has 0 aromatic heterocycles. The number of aryl methyl sites for hydroxylation is 1. The molecule has 3 rings (SSSR count). The molecule has 0 saturated carbocycles. The number of ketones is 1. The maximum atomic E-state index is 12.5. The molecule has 28 heavy (non-hydrogen) atoms. The van der Waals surface area contributed by atoms with E-state index < -0.39 is 0 Å². The molecular formula is C22H25ClN2O3. The van der Waals surface area contributed by atoms with E-state index in [1.54, 1.807) is 18.2 Å².